The van der Waals surface area contributed by atoms with Crippen molar-refractivity contribution < 1.29 is 4.79 Å². The van der Waals surface area contributed by atoms with Crippen molar-refractivity contribution >= 4 is 6.29 Å². The zero-order valence-corrected chi connectivity index (χ0v) is 10.2. The number of aromatic nitrogens is 2. The van der Waals surface area contributed by atoms with E-state index >= 15 is 0 Å². The van der Waals surface area contributed by atoms with Crippen molar-refractivity contribution in [3.05, 3.63) is 41.6 Å². The predicted octanol–water partition coefficient (Wildman–Crippen LogP) is 3.08. The molecule has 3 nitrogen and oxygen atoms in total. The molecule has 0 aliphatic heterocycles. The summed E-state index contributed by atoms with van der Waals surface area (Å²) in [6.45, 7) is 5.07. The van der Waals surface area contributed by atoms with Crippen molar-refractivity contribution in [2.24, 2.45) is 0 Å². The van der Waals surface area contributed by atoms with Crippen molar-refractivity contribution in [3.63, 3.8) is 0 Å². The second-order valence-electron chi connectivity index (χ2n) is 4.13. The maximum atomic E-state index is 10.8. The lowest BCUT2D eigenvalue weighted by atomic mass is 10.0. The van der Waals surface area contributed by atoms with Gasteiger partial charge in [-0.3, -0.25) is 9.48 Å². The molecule has 0 aliphatic rings. The summed E-state index contributed by atoms with van der Waals surface area (Å²) < 4.78 is 1.98. The molecule has 1 aromatic heterocycles. The van der Waals surface area contributed by atoms with Crippen LogP contribution in [-0.2, 0) is 6.54 Å². The highest BCUT2D eigenvalue weighted by Gasteiger charge is 2.08. The van der Waals surface area contributed by atoms with E-state index < -0.39 is 0 Å². The van der Waals surface area contributed by atoms with E-state index in [1.165, 1.54) is 0 Å². The Morgan fingerprint density at radius 2 is 2.18 bits per heavy atom. The van der Waals surface area contributed by atoms with Crippen LogP contribution in [0.4, 0.5) is 0 Å². The quantitative estimate of drug-likeness (QED) is 0.754. The third kappa shape index (κ3) is 2.28. The fraction of sp³-hybridized carbons (Fsp3) is 0.286. The highest BCUT2D eigenvalue weighted by atomic mass is 16.1. The molecule has 0 radical (unpaired) electrons. The monoisotopic (exact) mass is 228 g/mol. The van der Waals surface area contributed by atoms with Gasteiger partial charge in [-0.1, -0.05) is 19.1 Å². The lowest BCUT2D eigenvalue weighted by molar-refractivity contribution is 0.112. The largest absolute Gasteiger partial charge is 0.298 e. The van der Waals surface area contributed by atoms with Crippen LogP contribution in [0.1, 0.15) is 29.3 Å². The van der Waals surface area contributed by atoms with Gasteiger partial charge in [-0.15, -0.1) is 0 Å². The van der Waals surface area contributed by atoms with Crippen LogP contribution in [0.3, 0.4) is 0 Å². The Bertz CT molecular complexity index is 529. The standard InChI is InChI=1S/C14H16N2O/c1-3-8-16-14(6-7-15-16)13-9-12(10-17)5-4-11(13)2/h4-7,9-10H,3,8H2,1-2H3. The van der Waals surface area contributed by atoms with Crippen LogP contribution in [0, 0.1) is 6.92 Å². The average molecular weight is 228 g/mol. The molecule has 0 unspecified atom stereocenters. The summed E-state index contributed by atoms with van der Waals surface area (Å²) in [5, 5.41) is 4.31. The fourth-order valence-electron chi connectivity index (χ4n) is 1.94. The Balaban J connectivity index is 2.51. The van der Waals surface area contributed by atoms with Crippen LogP contribution in [-0.4, -0.2) is 16.1 Å². The second kappa shape index (κ2) is 4.95. The molecule has 0 N–H and O–H groups in total. The zero-order valence-electron chi connectivity index (χ0n) is 10.2. The second-order valence-corrected chi connectivity index (χ2v) is 4.13. The zero-order chi connectivity index (χ0) is 12.3. The summed E-state index contributed by atoms with van der Waals surface area (Å²) in [6.07, 6.45) is 3.72. The van der Waals surface area contributed by atoms with Gasteiger partial charge in [-0.25, -0.2) is 0 Å². The van der Waals surface area contributed by atoms with Crippen LogP contribution < -0.4 is 0 Å². The molecule has 0 amide bonds. The van der Waals surface area contributed by atoms with Crippen LogP contribution in [0.25, 0.3) is 11.3 Å². The van der Waals surface area contributed by atoms with Crippen molar-refractivity contribution in [3.8, 4) is 11.3 Å². The smallest absolute Gasteiger partial charge is 0.150 e. The van der Waals surface area contributed by atoms with E-state index in [-0.39, 0.29) is 0 Å². The third-order valence-electron chi connectivity index (χ3n) is 2.83. The van der Waals surface area contributed by atoms with Gasteiger partial charge in [0.25, 0.3) is 0 Å². The number of aryl methyl sites for hydroxylation is 2. The van der Waals surface area contributed by atoms with Crippen molar-refractivity contribution in [2.75, 3.05) is 0 Å². The Morgan fingerprint density at radius 3 is 2.88 bits per heavy atom. The minimum atomic E-state index is 0.704. The van der Waals surface area contributed by atoms with Gasteiger partial charge in [0.05, 0.1) is 5.69 Å². The molecule has 2 rings (SSSR count). The van der Waals surface area contributed by atoms with Crippen molar-refractivity contribution in [2.45, 2.75) is 26.8 Å². The van der Waals surface area contributed by atoms with E-state index in [0.29, 0.717) is 5.56 Å². The van der Waals surface area contributed by atoms with Crippen LogP contribution >= 0.6 is 0 Å². The number of benzene rings is 1. The van der Waals surface area contributed by atoms with E-state index in [1.54, 1.807) is 6.20 Å². The Kier molecular flexibility index (Phi) is 3.38. The topological polar surface area (TPSA) is 34.9 Å². The summed E-state index contributed by atoms with van der Waals surface area (Å²) in [5.41, 5.74) is 4.02. The van der Waals surface area contributed by atoms with Crippen LogP contribution in [0.2, 0.25) is 0 Å². The number of nitrogens with zero attached hydrogens (tertiary/aromatic N) is 2. The number of carbonyl (C=O) groups excluding carboxylic acids is 1. The number of hydrogen-bond donors (Lipinski definition) is 0. The molecule has 17 heavy (non-hydrogen) atoms. The molecule has 88 valence electrons. The lowest BCUT2D eigenvalue weighted by Crippen LogP contribution is -2.02. The summed E-state index contributed by atoms with van der Waals surface area (Å²) in [7, 11) is 0. The first-order valence-electron chi connectivity index (χ1n) is 5.84. The number of rotatable bonds is 4. The first-order valence-corrected chi connectivity index (χ1v) is 5.84. The van der Waals surface area contributed by atoms with Crippen LogP contribution in [0.15, 0.2) is 30.5 Å². The minimum absolute atomic E-state index is 0.704. The number of aldehydes is 1. The Labute approximate surface area is 101 Å². The minimum Gasteiger partial charge on any atom is -0.298 e. The summed E-state index contributed by atoms with van der Waals surface area (Å²) >= 11 is 0. The molecule has 1 heterocycles. The van der Waals surface area contributed by atoms with Crippen molar-refractivity contribution in [1.82, 2.24) is 9.78 Å². The Morgan fingerprint density at radius 1 is 1.35 bits per heavy atom. The molecule has 0 saturated carbocycles. The maximum Gasteiger partial charge on any atom is 0.150 e. The molecular weight excluding hydrogens is 212 g/mol. The summed E-state index contributed by atoms with van der Waals surface area (Å²) in [4.78, 5) is 10.8. The molecule has 2 aromatic rings. The van der Waals surface area contributed by atoms with E-state index in [0.717, 1.165) is 36.1 Å². The van der Waals surface area contributed by atoms with Gasteiger partial charge in [-0.2, -0.15) is 5.10 Å². The first kappa shape index (κ1) is 11.6. The molecule has 0 spiro atoms. The van der Waals surface area contributed by atoms with Crippen LogP contribution in [0.5, 0.6) is 0 Å². The van der Waals surface area contributed by atoms with E-state index in [1.807, 2.05) is 35.9 Å². The summed E-state index contributed by atoms with van der Waals surface area (Å²) in [5.74, 6) is 0. The SMILES string of the molecule is CCCn1nccc1-c1cc(C=O)ccc1C. The number of carbonyl (C=O) groups is 1. The maximum absolute atomic E-state index is 10.8. The first-order chi connectivity index (χ1) is 8.26. The fourth-order valence-corrected chi connectivity index (χ4v) is 1.94. The normalized spacial score (nSPS) is 10.5. The molecule has 1 aromatic carbocycles. The van der Waals surface area contributed by atoms with Crippen molar-refractivity contribution in [1.29, 1.82) is 0 Å². The average Bonchev–Trinajstić information content (AvgIpc) is 2.78. The third-order valence-corrected chi connectivity index (χ3v) is 2.83. The van der Waals surface area contributed by atoms with Gasteiger partial charge in [0.15, 0.2) is 0 Å². The molecule has 0 aliphatic carbocycles. The molecule has 0 bridgehead atoms. The number of hydrogen-bond acceptors (Lipinski definition) is 2. The predicted molar refractivity (Wildman–Crippen MR) is 68.1 cm³/mol. The van der Waals surface area contributed by atoms with Gasteiger partial charge in [0.2, 0.25) is 0 Å². The molecule has 0 atom stereocenters. The van der Waals surface area contributed by atoms with E-state index in [2.05, 4.69) is 12.0 Å². The molecular formula is C14H16N2O. The van der Waals surface area contributed by atoms with Gasteiger partial charge < -0.3 is 0 Å². The lowest BCUT2D eigenvalue weighted by Gasteiger charge is -2.09. The van der Waals surface area contributed by atoms with Gasteiger partial charge in [0, 0.05) is 23.9 Å². The van der Waals surface area contributed by atoms with E-state index in [9.17, 15) is 4.79 Å². The highest BCUT2D eigenvalue weighted by molar-refractivity contribution is 5.79. The molecule has 0 saturated heterocycles. The molecule has 3 heteroatoms. The highest BCUT2D eigenvalue weighted by Crippen LogP contribution is 2.24. The van der Waals surface area contributed by atoms with Gasteiger partial charge in [0.1, 0.15) is 6.29 Å². The summed E-state index contributed by atoms with van der Waals surface area (Å²) in [6, 6.07) is 7.73. The Hall–Kier alpha value is -1.90. The van der Waals surface area contributed by atoms with Gasteiger partial charge in [-0.05, 0) is 31.0 Å². The van der Waals surface area contributed by atoms with Gasteiger partial charge >= 0.3 is 0 Å². The molecule has 0 fully saturated rings. The van der Waals surface area contributed by atoms with E-state index in [4.69, 9.17) is 0 Å².